The highest BCUT2D eigenvalue weighted by atomic mass is 16.3. The first-order valence-electron chi connectivity index (χ1n) is 10.7. The van der Waals surface area contributed by atoms with E-state index in [9.17, 15) is 5.11 Å². The van der Waals surface area contributed by atoms with Crippen LogP contribution in [0.5, 0.6) is 0 Å². The van der Waals surface area contributed by atoms with Crippen LogP contribution in [0.25, 0.3) is 0 Å². The van der Waals surface area contributed by atoms with Crippen molar-refractivity contribution in [3.63, 3.8) is 0 Å². The zero-order valence-electron chi connectivity index (χ0n) is 17.5. The van der Waals surface area contributed by atoms with Crippen molar-refractivity contribution in [2.75, 3.05) is 19.7 Å². The standard InChI is InChI=1S/C27H33NO/c1-23-11-8-9-16-26(23)21-27(25-14-6-3-7-15-25)17-10-18-28(19-20-29)22-24-12-4-2-5-13-24/h2-9,11-16,27,29H,10,17-22H2,1H3/t27-/m0/s1. The van der Waals surface area contributed by atoms with Gasteiger partial charge in [-0.3, -0.25) is 4.90 Å². The molecule has 0 radical (unpaired) electrons. The number of hydrogen-bond donors (Lipinski definition) is 1. The van der Waals surface area contributed by atoms with Crippen LogP contribution in [0.4, 0.5) is 0 Å². The molecule has 1 atom stereocenters. The molecule has 29 heavy (non-hydrogen) atoms. The summed E-state index contributed by atoms with van der Waals surface area (Å²) in [6.45, 7) is 5.04. The fourth-order valence-corrected chi connectivity index (χ4v) is 4.03. The zero-order chi connectivity index (χ0) is 20.3. The van der Waals surface area contributed by atoms with Gasteiger partial charge in [-0.1, -0.05) is 84.9 Å². The van der Waals surface area contributed by atoms with E-state index < -0.39 is 0 Å². The third-order valence-corrected chi connectivity index (χ3v) is 5.69. The van der Waals surface area contributed by atoms with E-state index in [4.69, 9.17) is 0 Å². The van der Waals surface area contributed by atoms with Gasteiger partial charge >= 0.3 is 0 Å². The number of hydrogen-bond acceptors (Lipinski definition) is 2. The molecule has 0 amide bonds. The van der Waals surface area contributed by atoms with E-state index in [0.717, 1.165) is 38.9 Å². The van der Waals surface area contributed by atoms with Gasteiger partial charge in [-0.05, 0) is 60.9 Å². The minimum absolute atomic E-state index is 0.207. The maximum atomic E-state index is 9.48. The molecule has 0 saturated carbocycles. The second kappa shape index (κ2) is 11.5. The van der Waals surface area contributed by atoms with Crippen LogP contribution in [0.1, 0.15) is 41.0 Å². The molecule has 0 aliphatic carbocycles. The minimum Gasteiger partial charge on any atom is -0.395 e. The van der Waals surface area contributed by atoms with Crippen molar-refractivity contribution in [3.8, 4) is 0 Å². The van der Waals surface area contributed by atoms with Crippen molar-refractivity contribution in [3.05, 3.63) is 107 Å². The van der Waals surface area contributed by atoms with Crippen LogP contribution >= 0.6 is 0 Å². The predicted octanol–water partition coefficient (Wildman–Crippen LogP) is 5.60. The van der Waals surface area contributed by atoms with E-state index in [-0.39, 0.29) is 6.61 Å². The highest BCUT2D eigenvalue weighted by Crippen LogP contribution is 2.27. The largest absolute Gasteiger partial charge is 0.395 e. The lowest BCUT2D eigenvalue weighted by molar-refractivity contribution is 0.186. The van der Waals surface area contributed by atoms with Crippen molar-refractivity contribution in [1.82, 2.24) is 4.90 Å². The highest BCUT2D eigenvalue weighted by molar-refractivity contribution is 5.29. The molecular formula is C27H33NO. The Kier molecular flexibility index (Phi) is 8.48. The maximum Gasteiger partial charge on any atom is 0.0558 e. The Bertz CT molecular complexity index is 831. The molecule has 3 aromatic carbocycles. The van der Waals surface area contributed by atoms with Crippen LogP contribution in [-0.4, -0.2) is 29.7 Å². The lowest BCUT2D eigenvalue weighted by atomic mass is 9.87. The first-order valence-corrected chi connectivity index (χ1v) is 10.7. The second-order valence-corrected chi connectivity index (χ2v) is 7.87. The molecule has 0 heterocycles. The highest BCUT2D eigenvalue weighted by Gasteiger charge is 2.14. The molecule has 1 N–H and O–H groups in total. The third-order valence-electron chi connectivity index (χ3n) is 5.69. The Morgan fingerprint density at radius 2 is 1.45 bits per heavy atom. The first kappa shape index (κ1) is 21.3. The number of aliphatic hydroxyl groups excluding tert-OH is 1. The van der Waals surface area contributed by atoms with E-state index in [2.05, 4.69) is 96.8 Å². The van der Waals surface area contributed by atoms with Crippen LogP contribution in [0.15, 0.2) is 84.9 Å². The molecule has 0 fully saturated rings. The number of aliphatic hydroxyl groups is 1. The minimum atomic E-state index is 0.207. The monoisotopic (exact) mass is 387 g/mol. The topological polar surface area (TPSA) is 23.5 Å². The van der Waals surface area contributed by atoms with Crippen LogP contribution in [0.2, 0.25) is 0 Å². The van der Waals surface area contributed by atoms with E-state index in [0.29, 0.717) is 5.92 Å². The fourth-order valence-electron chi connectivity index (χ4n) is 4.03. The van der Waals surface area contributed by atoms with E-state index >= 15 is 0 Å². The third kappa shape index (κ3) is 6.85. The summed E-state index contributed by atoms with van der Waals surface area (Å²) in [6, 6.07) is 30.2. The van der Waals surface area contributed by atoms with Gasteiger partial charge in [0.15, 0.2) is 0 Å². The number of aryl methyl sites for hydroxylation is 1. The average molecular weight is 388 g/mol. The van der Waals surface area contributed by atoms with Gasteiger partial charge in [0.2, 0.25) is 0 Å². The van der Waals surface area contributed by atoms with E-state index in [1.54, 1.807) is 0 Å². The average Bonchev–Trinajstić information content (AvgIpc) is 2.76. The molecule has 2 heteroatoms. The lowest BCUT2D eigenvalue weighted by Crippen LogP contribution is -2.28. The Balaban J connectivity index is 1.63. The molecular weight excluding hydrogens is 354 g/mol. The van der Waals surface area contributed by atoms with Crippen LogP contribution in [-0.2, 0) is 13.0 Å². The summed E-state index contributed by atoms with van der Waals surface area (Å²) in [5, 5.41) is 9.48. The molecule has 0 saturated heterocycles. The molecule has 152 valence electrons. The van der Waals surface area contributed by atoms with Gasteiger partial charge in [-0.2, -0.15) is 0 Å². The summed E-state index contributed by atoms with van der Waals surface area (Å²) < 4.78 is 0. The number of rotatable bonds is 11. The zero-order valence-corrected chi connectivity index (χ0v) is 17.5. The quantitative estimate of drug-likeness (QED) is 0.463. The predicted molar refractivity (Wildman–Crippen MR) is 122 cm³/mol. The van der Waals surface area contributed by atoms with E-state index in [1.165, 1.54) is 22.3 Å². The van der Waals surface area contributed by atoms with Gasteiger partial charge in [-0.25, -0.2) is 0 Å². The van der Waals surface area contributed by atoms with Crippen LogP contribution in [0.3, 0.4) is 0 Å². The van der Waals surface area contributed by atoms with Crippen molar-refractivity contribution >= 4 is 0 Å². The SMILES string of the molecule is Cc1ccccc1C[C@H](CCCN(CCO)Cc1ccccc1)c1ccccc1. The van der Waals surface area contributed by atoms with Gasteiger partial charge in [0.1, 0.15) is 0 Å². The van der Waals surface area contributed by atoms with Crippen molar-refractivity contribution in [2.45, 2.75) is 38.6 Å². The van der Waals surface area contributed by atoms with E-state index in [1.807, 2.05) is 0 Å². The Labute approximate surface area is 175 Å². The maximum absolute atomic E-state index is 9.48. The van der Waals surface area contributed by atoms with Crippen molar-refractivity contribution in [1.29, 1.82) is 0 Å². The van der Waals surface area contributed by atoms with Gasteiger partial charge in [0, 0.05) is 13.1 Å². The molecule has 3 rings (SSSR count). The number of benzene rings is 3. The van der Waals surface area contributed by atoms with Gasteiger partial charge in [0.25, 0.3) is 0 Å². The molecule has 0 aliphatic rings. The molecule has 0 aliphatic heterocycles. The summed E-state index contributed by atoms with van der Waals surface area (Å²) in [6.07, 6.45) is 3.35. The fraction of sp³-hybridized carbons (Fsp3) is 0.333. The second-order valence-electron chi connectivity index (χ2n) is 7.87. The Hall–Kier alpha value is -2.42. The molecule has 0 unspecified atom stereocenters. The summed E-state index contributed by atoms with van der Waals surface area (Å²) in [5.74, 6) is 0.519. The smallest absolute Gasteiger partial charge is 0.0558 e. The molecule has 0 aromatic heterocycles. The van der Waals surface area contributed by atoms with Crippen LogP contribution < -0.4 is 0 Å². The van der Waals surface area contributed by atoms with Gasteiger partial charge in [0.05, 0.1) is 6.61 Å². The summed E-state index contributed by atoms with van der Waals surface area (Å²) in [5.41, 5.74) is 5.55. The summed E-state index contributed by atoms with van der Waals surface area (Å²) >= 11 is 0. The normalized spacial score (nSPS) is 12.2. The van der Waals surface area contributed by atoms with Crippen LogP contribution in [0, 0.1) is 6.92 Å². The van der Waals surface area contributed by atoms with Crippen molar-refractivity contribution in [2.24, 2.45) is 0 Å². The first-order chi connectivity index (χ1) is 14.3. The van der Waals surface area contributed by atoms with Crippen molar-refractivity contribution < 1.29 is 5.11 Å². The number of nitrogens with zero attached hydrogens (tertiary/aromatic N) is 1. The van der Waals surface area contributed by atoms with Gasteiger partial charge in [-0.15, -0.1) is 0 Å². The summed E-state index contributed by atoms with van der Waals surface area (Å²) in [7, 11) is 0. The summed E-state index contributed by atoms with van der Waals surface area (Å²) in [4.78, 5) is 2.37. The van der Waals surface area contributed by atoms with Gasteiger partial charge < -0.3 is 5.11 Å². The lowest BCUT2D eigenvalue weighted by Gasteiger charge is -2.24. The molecule has 2 nitrogen and oxygen atoms in total. The molecule has 0 spiro atoms. The Morgan fingerprint density at radius 1 is 0.793 bits per heavy atom. The Morgan fingerprint density at radius 3 is 2.14 bits per heavy atom. The molecule has 3 aromatic rings. The molecule has 0 bridgehead atoms.